The highest BCUT2D eigenvalue weighted by Crippen LogP contribution is 2.28. The molecule has 2 aromatic carbocycles. The number of hydrogen-bond donors (Lipinski definition) is 4. The number of piperidine rings is 1. The summed E-state index contributed by atoms with van der Waals surface area (Å²) in [4.78, 5) is 19.5. The van der Waals surface area contributed by atoms with Gasteiger partial charge in [-0.15, -0.1) is 0 Å². The molecule has 3 heterocycles. The van der Waals surface area contributed by atoms with Crippen LogP contribution in [0.25, 0.3) is 33.4 Å². The number of aryl methyl sites for hydroxylation is 2. The zero-order chi connectivity index (χ0) is 22.1. The first-order chi connectivity index (χ1) is 15.6. The van der Waals surface area contributed by atoms with Gasteiger partial charge in [-0.3, -0.25) is 5.10 Å². The fraction of sp³-hybridized carbons (Fsp3) is 0.320. The molecule has 0 spiro atoms. The van der Waals surface area contributed by atoms with Gasteiger partial charge in [-0.2, -0.15) is 10.1 Å². The van der Waals surface area contributed by atoms with E-state index in [4.69, 9.17) is 0 Å². The number of aromatic nitrogens is 4. The number of aromatic amines is 2. The highest BCUT2D eigenvalue weighted by molar-refractivity contribution is 5.86. The predicted molar refractivity (Wildman–Crippen MR) is 129 cm³/mol. The van der Waals surface area contributed by atoms with E-state index in [2.05, 4.69) is 55.9 Å². The Morgan fingerprint density at radius 2 is 1.91 bits per heavy atom. The Morgan fingerprint density at radius 3 is 2.72 bits per heavy atom. The van der Waals surface area contributed by atoms with Gasteiger partial charge in [-0.05, 0) is 81.6 Å². The number of fused-ring (bicyclic) bond motifs is 1. The third-order valence-electron chi connectivity index (χ3n) is 6.36. The van der Waals surface area contributed by atoms with Crippen molar-refractivity contribution in [3.63, 3.8) is 0 Å². The zero-order valence-electron chi connectivity index (χ0n) is 18.5. The van der Waals surface area contributed by atoms with Gasteiger partial charge in [0.2, 0.25) is 0 Å². The molecule has 1 aliphatic rings. The van der Waals surface area contributed by atoms with Gasteiger partial charge in [0.1, 0.15) is 0 Å². The van der Waals surface area contributed by atoms with Crippen LogP contribution in [0.3, 0.4) is 0 Å². The lowest BCUT2D eigenvalue weighted by molar-refractivity contribution is 0.390. The largest absolute Gasteiger partial charge is 0.385 e. The summed E-state index contributed by atoms with van der Waals surface area (Å²) in [5, 5.41) is 15.3. The van der Waals surface area contributed by atoms with Crippen molar-refractivity contribution in [2.75, 3.05) is 25.0 Å². The minimum absolute atomic E-state index is 0.353. The Balaban J connectivity index is 1.42. The number of benzene rings is 2. The molecular weight excluding hydrogens is 400 g/mol. The molecule has 0 atom stereocenters. The molecule has 0 saturated carbocycles. The summed E-state index contributed by atoms with van der Waals surface area (Å²) in [6.07, 6.45) is 2.43. The van der Waals surface area contributed by atoms with Crippen LogP contribution >= 0.6 is 0 Å². The lowest BCUT2D eigenvalue weighted by Crippen LogP contribution is -2.31. The average molecular weight is 429 g/mol. The van der Waals surface area contributed by atoms with Crippen LogP contribution in [0, 0.1) is 19.8 Å². The quantitative estimate of drug-likeness (QED) is 0.385. The molecule has 0 radical (unpaired) electrons. The van der Waals surface area contributed by atoms with Gasteiger partial charge in [0, 0.05) is 34.4 Å². The molecule has 2 aromatic heterocycles. The molecule has 1 saturated heterocycles. The maximum atomic E-state index is 12.4. The van der Waals surface area contributed by atoms with Crippen LogP contribution in [-0.2, 0) is 0 Å². The van der Waals surface area contributed by atoms with Crippen LogP contribution in [0.2, 0.25) is 0 Å². The summed E-state index contributed by atoms with van der Waals surface area (Å²) in [5.41, 5.74) is 7.08. The van der Waals surface area contributed by atoms with E-state index in [0.29, 0.717) is 11.6 Å². The number of anilines is 1. The lowest BCUT2D eigenvalue weighted by atomic mass is 9.98. The Hall–Kier alpha value is -3.45. The smallest absolute Gasteiger partial charge is 0.345 e. The summed E-state index contributed by atoms with van der Waals surface area (Å²) >= 11 is 0. The van der Waals surface area contributed by atoms with Crippen molar-refractivity contribution < 1.29 is 0 Å². The number of rotatable bonds is 5. The molecule has 32 heavy (non-hydrogen) atoms. The second-order valence-electron chi connectivity index (χ2n) is 8.67. The Bertz CT molecular complexity index is 1320. The minimum Gasteiger partial charge on any atom is -0.385 e. The van der Waals surface area contributed by atoms with E-state index < -0.39 is 0 Å². The van der Waals surface area contributed by atoms with Gasteiger partial charge in [-0.1, -0.05) is 12.1 Å². The summed E-state index contributed by atoms with van der Waals surface area (Å²) < 4.78 is 0. The van der Waals surface area contributed by atoms with E-state index >= 15 is 0 Å². The monoisotopic (exact) mass is 428 g/mol. The molecular formula is C25H28N6O. The number of H-pyrrole nitrogens is 2. The van der Waals surface area contributed by atoms with E-state index in [1.165, 1.54) is 12.8 Å². The molecule has 0 bridgehead atoms. The summed E-state index contributed by atoms with van der Waals surface area (Å²) in [6, 6.07) is 14.2. The first kappa shape index (κ1) is 20.5. The van der Waals surface area contributed by atoms with Crippen LogP contribution < -0.4 is 16.3 Å². The first-order valence-electron chi connectivity index (χ1n) is 11.2. The highest BCUT2D eigenvalue weighted by atomic mass is 16.1. The van der Waals surface area contributed by atoms with Crippen LogP contribution in [0.1, 0.15) is 24.1 Å². The SMILES string of the molecule is Cc1cc(NCC2CCNCC2)ccc1-c1cc(-c2ccc3n[nH]c(C)c3c2)nc(=O)[nH]1. The highest BCUT2D eigenvalue weighted by Gasteiger charge is 2.13. The van der Waals surface area contributed by atoms with Crippen molar-refractivity contribution in [3.05, 3.63) is 64.2 Å². The molecule has 7 nitrogen and oxygen atoms in total. The van der Waals surface area contributed by atoms with E-state index in [0.717, 1.165) is 64.3 Å². The third-order valence-corrected chi connectivity index (χ3v) is 6.36. The van der Waals surface area contributed by atoms with Crippen LogP contribution in [0.5, 0.6) is 0 Å². The van der Waals surface area contributed by atoms with Gasteiger partial charge in [-0.25, -0.2) is 4.79 Å². The molecule has 7 heteroatoms. The lowest BCUT2D eigenvalue weighted by Gasteiger charge is -2.23. The average Bonchev–Trinajstić information content (AvgIpc) is 3.18. The molecule has 0 unspecified atom stereocenters. The van der Waals surface area contributed by atoms with Crippen LogP contribution in [0.4, 0.5) is 5.69 Å². The molecule has 164 valence electrons. The molecule has 0 amide bonds. The van der Waals surface area contributed by atoms with E-state index in [1.807, 2.05) is 31.2 Å². The second-order valence-corrected chi connectivity index (χ2v) is 8.67. The molecule has 1 aliphatic heterocycles. The Morgan fingerprint density at radius 1 is 1.06 bits per heavy atom. The number of nitrogens with one attached hydrogen (secondary N) is 4. The van der Waals surface area contributed by atoms with Crippen LogP contribution in [-0.4, -0.2) is 39.8 Å². The van der Waals surface area contributed by atoms with Crippen molar-refractivity contribution >= 4 is 16.6 Å². The molecule has 4 N–H and O–H groups in total. The topological polar surface area (TPSA) is 98.5 Å². The van der Waals surface area contributed by atoms with Crippen LogP contribution in [0.15, 0.2) is 47.3 Å². The zero-order valence-corrected chi connectivity index (χ0v) is 18.5. The fourth-order valence-corrected chi connectivity index (χ4v) is 4.47. The van der Waals surface area contributed by atoms with Gasteiger partial charge in [0.05, 0.1) is 16.9 Å². The maximum Gasteiger partial charge on any atom is 0.345 e. The van der Waals surface area contributed by atoms with Gasteiger partial charge < -0.3 is 15.6 Å². The molecule has 1 fully saturated rings. The fourth-order valence-electron chi connectivity index (χ4n) is 4.47. The van der Waals surface area contributed by atoms with Gasteiger partial charge in [0.25, 0.3) is 0 Å². The van der Waals surface area contributed by atoms with Crippen molar-refractivity contribution in [2.24, 2.45) is 5.92 Å². The number of hydrogen-bond acceptors (Lipinski definition) is 5. The van der Waals surface area contributed by atoms with E-state index in [1.54, 1.807) is 0 Å². The second kappa shape index (κ2) is 8.59. The Kier molecular flexibility index (Phi) is 5.49. The first-order valence-corrected chi connectivity index (χ1v) is 11.2. The normalized spacial score (nSPS) is 14.7. The van der Waals surface area contributed by atoms with Crippen molar-refractivity contribution in [3.8, 4) is 22.5 Å². The third kappa shape index (κ3) is 4.16. The number of nitrogens with zero attached hydrogens (tertiary/aromatic N) is 2. The van der Waals surface area contributed by atoms with Crippen molar-refractivity contribution in [1.82, 2.24) is 25.5 Å². The predicted octanol–water partition coefficient (Wildman–Crippen LogP) is 4.01. The Labute approximate surface area is 186 Å². The molecule has 5 rings (SSSR count). The van der Waals surface area contributed by atoms with Gasteiger partial charge >= 0.3 is 5.69 Å². The standard InChI is InChI=1S/C25H28N6O/c1-15-11-19(27-14-17-7-9-26-10-8-17)4-5-20(15)24-13-23(28-25(32)29-24)18-3-6-22-21(12-18)16(2)30-31-22/h3-6,11-13,17,26-27H,7-10,14H2,1-2H3,(H,30,31)(H,28,29,32). The summed E-state index contributed by atoms with van der Waals surface area (Å²) in [5.74, 6) is 0.714. The summed E-state index contributed by atoms with van der Waals surface area (Å²) in [7, 11) is 0. The minimum atomic E-state index is -0.353. The van der Waals surface area contributed by atoms with Gasteiger partial charge in [0.15, 0.2) is 0 Å². The van der Waals surface area contributed by atoms with E-state index in [9.17, 15) is 4.79 Å². The van der Waals surface area contributed by atoms with E-state index in [-0.39, 0.29) is 5.69 Å². The molecule has 4 aromatic rings. The maximum absolute atomic E-state index is 12.4. The summed E-state index contributed by atoms with van der Waals surface area (Å²) in [6.45, 7) is 7.27. The van der Waals surface area contributed by atoms with Crippen molar-refractivity contribution in [2.45, 2.75) is 26.7 Å². The molecule has 0 aliphatic carbocycles. The van der Waals surface area contributed by atoms with Crippen molar-refractivity contribution in [1.29, 1.82) is 0 Å².